The van der Waals surface area contributed by atoms with Gasteiger partial charge in [0.1, 0.15) is 20.2 Å². The van der Waals surface area contributed by atoms with Crippen molar-refractivity contribution in [1.82, 2.24) is 15.0 Å². The summed E-state index contributed by atoms with van der Waals surface area (Å²) in [6.07, 6.45) is -0.252. The van der Waals surface area contributed by atoms with Gasteiger partial charge in [0.2, 0.25) is 5.95 Å². The second-order valence-electron chi connectivity index (χ2n) is 4.82. The second-order valence-corrected chi connectivity index (χ2v) is 4.82. The maximum Gasteiger partial charge on any atom is 0.284 e. The SMILES string of the molecule is CCON(OCC)c1nc(N(CO)CO)nc(N(CO)OC(C)C)n1. The van der Waals surface area contributed by atoms with E-state index >= 15 is 0 Å². The van der Waals surface area contributed by atoms with E-state index < -0.39 is 20.2 Å². The summed E-state index contributed by atoms with van der Waals surface area (Å²) in [6, 6.07) is 0. The Morgan fingerprint density at radius 1 is 0.840 bits per heavy atom. The largest absolute Gasteiger partial charge is 0.376 e. The molecule has 1 rings (SSSR count). The standard InChI is InChI=1S/C13H26N6O6/c1-5-23-19(24-6-2)13-15-11(17(7-20)8-21)14-12(16-13)18(9-22)25-10(3)4/h10,20-22H,5-9H2,1-4H3. The number of rotatable bonds is 12. The van der Waals surface area contributed by atoms with Crippen molar-refractivity contribution < 1.29 is 29.8 Å². The molecule has 0 bridgehead atoms. The molecule has 1 heterocycles. The van der Waals surface area contributed by atoms with Crippen molar-refractivity contribution in [3.8, 4) is 0 Å². The minimum atomic E-state index is -0.535. The zero-order valence-electron chi connectivity index (χ0n) is 14.9. The monoisotopic (exact) mass is 362 g/mol. The third kappa shape index (κ3) is 6.19. The number of hydrogen-bond acceptors (Lipinski definition) is 12. The summed E-state index contributed by atoms with van der Waals surface area (Å²) < 4.78 is 0. The highest BCUT2D eigenvalue weighted by molar-refractivity contribution is 5.43. The Kier molecular flexibility index (Phi) is 9.26. The Morgan fingerprint density at radius 2 is 1.36 bits per heavy atom. The van der Waals surface area contributed by atoms with Gasteiger partial charge in [-0.25, -0.2) is 9.68 Å². The summed E-state index contributed by atoms with van der Waals surface area (Å²) in [5.41, 5.74) is 0. The van der Waals surface area contributed by atoms with Gasteiger partial charge in [0, 0.05) is 0 Å². The topological polar surface area (TPSA) is 137 Å². The predicted octanol–water partition coefficient (Wildman–Crippen LogP) is -0.617. The number of hydroxylamine groups is 1. The molecule has 3 N–H and O–H groups in total. The average Bonchev–Trinajstić information content (AvgIpc) is 2.60. The molecule has 0 amide bonds. The molecule has 0 atom stereocenters. The Morgan fingerprint density at radius 3 is 1.80 bits per heavy atom. The number of aliphatic hydroxyl groups excluding tert-OH is 3. The van der Waals surface area contributed by atoms with Crippen molar-refractivity contribution in [1.29, 1.82) is 0 Å². The van der Waals surface area contributed by atoms with E-state index in [1.165, 1.54) is 0 Å². The summed E-state index contributed by atoms with van der Waals surface area (Å²) in [4.78, 5) is 29.5. The van der Waals surface area contributed by atoms with Gasteiger partial charge in [-0.3, -0.25) is 9.74 Å². The highest BCUT2D eigenvalue weighted by Gasteiger charge is 2.21. The van der Waals surface area contributed by atoms with Gasteiger partial charge >= 0.3 is 0 Å². The lowest BCUT2D eigenvalue weighted by Crippen LogP contribution is -2.34. The van der Waals surface area contributed by atoms with Crippen molar-refractivity contribution in [2.75, 3.05) is 48.6 Å². The van der Waals surface area contributed by atoms with E-state index in [2.05, 4.69) is 15.0 Å². The van der Waals surface area contributed by atoms with Crippen molar-refractivity contribution in [3.05, 3.63) is 0 Å². The number of anilines is 3. The van der Waals surface area contributed by atoms with E-state index in [0.29, 0.717) is 0 Å². The highest BCUT2D eigenvalue weighted by atomic mass is 16.9. The van der Waals surface area contributed by atoms with Crippen molar-refractivity contribution >= 4 is 17.8 Å². The Hall–Kier alpha value is -1.83. The molecule has 12 heteroatoms. The molecule has 0 aliphatic carbocycles. The van der Waals surface area contributed by atoms with Crippen LogP contribution in [0.15, 0.2) is 0 Å². The molecule has 0 unspecified atom stereocenters. The quantitative estimate of drug-likeness (QED) is 0.323. The molecule has 144 valence electrons. The molecule has 1 aromatic rings. The van der Waals surface area contributed by atoms with Crippen LogP contribution in [0.3, 0.4) is 0 Å². The van der Waals surface area contributed by atoms with Crippen LogP contribution in [0.2, 0.25) is 0 Å². The first-order valence-corrected chi connectivity index (χ1v) is 7.84. The number of aromatic nitrogens is 3. The number of aliphatic hydroxyl groups is 3. The molecule has 0 spiro atoms. The molecule has 0 aromatic carbocycles. The third-order valence-corrected chi connectivity index (χ3v) is 2.57. The average molecular weight is 362 g/mol. The molecule has 12 nitrogen and oxygen atoms in total. The van der Waals surface area contributed by atoms with E-state index in [-0.39, 0.29) is 37.2 Å². The minimum absolute atomic E-state index is 0.0404. The Bertz CT molecular complexity index is 478. The van der Waals surface area contributed by atoms with E-state index in [1.807, 2.05) is 0 Å². The van der Waals surface area contributed by atoms with Crippen LogP contribution in [0.25, 0.3) is 0 Å². The van der Waals surface area contributed by atoms with E-state index in [1.54, 1.807) is 27.7 Å². The number of nitrogens with zero attached hydrogens (tertiary/aromatic N) is 6. The molecule has 0 fully saturated rings. The van der Waals surface area contributed by atoms with Gasteiger partial charge in [-0.15, -0.1) is 0 Å². The van der Waals surface area contributed by atoms with Gasteiger partial charge in [0.05, 0.1) is 19.3 Å². The van der Waals surface area contributed by atoms with Crippen LogP contribution < -0.4 is 15.2 Å². The fourth-order valence-electron chi connectivity index (χ4n) is 1.63. The summed E-state index contributed by atoms with van der Waals surface area (Å²) in [5.74, 6) is -0.144. The summed E-state index contributed by atoms with van der Waals surface area (Å²) in [6.45, 7) is 6.02. The van der Waals surface area contributed by atoms with Crippen molar-refractivity contribution in [3.63, 3.8) is 0 Å². The van der Waals surface area contributed by atoms with Crippen LogP contribution in [0, 0.1) is 0 Å². The molecule has 1 aromatic heterocycles. The first kappa shape index (κ1) is 21.2. The lowest BCUT2D eigenvalue weighted by molar-refractivity contribution is -0.0852. The van der Waals surface area contributed by atoms with Gasteiger partial charge in [-0.2, -0.15) is 20.0 Å². The fourth-order valence-corrected chi connectivity index (χ4v) is 1.63. The van der Waals surface area contributed by atoms with Crippen LogP contribution in [0.4, 0.5) is 17.8 Å². The molecule has 0 radical (unpaired) electrons. The van der Waals surface area contributed by atoms with Crippen LogP contribution in [-0.2, 0) is 14.5 Å². The van der Waals surface area contributed by atoms with Gasteiger partial charge in [-0.1, -0.05) is 5.23 Å². The number of hydrogen-bond donors (Lipinski definition) is 3. The highest BCUT2D eigenvalue weighted by Crippen LogP contribution is 2.20. The van der Waals surface area contributed by atoms with Crippen molar-refractivity contribution in [2.45, 2.75) is 33.8 Å². The van der Waals surface area contributed by atoms with Gasteiger partial charge < -0.3 is 15.3 Å². The molecular formula is C13H26N6O6. The Labute approximate surface area is 146 Å². The molecule has 0 saturated heterocycles. The van der Waals surface area contributed by atoms with Crippen LogP contribution in [0.5, 0.6) is 0 Å². The normalized spacial score (nSPS) is 11.0. The van der Waals surface area contributed by atoms with E-state index in [4.69, 9.17) is 14.5 Å². The smallest absolute Gasteiger partial charge is 0.284 e. The van der Waals surface area contributed by atoms with Crippen molar-refractivity contribution in [2.24, 2.45) is 0 Å². The van der Waals surface area contributed by atoms with Gasteiger partial charge in [-0.05, 0) is 27.7 Å². The zero-order valence-corrected chi connectivity index (χ0v) is 14.9. The lowest BCUT2D eigenvalue weighted by atomic mass is 10.5. The van der Waals surface area contributed by atoms with Crippen LogP contribution >= 0.6 is 0 Å². The van der Waals surface area contributed by atoms with E-state index in [9.17, 15) is 15.3 Å². The van der Waals surface area contributed by atoms with Gasteiger partial charge in [0.15, 0.2) is 0 Å². The maximum atomic E-state index is 9.52. The zero-order chi connectivity index (χ0) is 18.8. The fraction of sp³-hybridized carbons (Fsp3) is 0.769. The molecule has 0 aliphatic heterocycles. The van der Waals surface area contributed by atoms with Gasteiger partial charge in [0.25, 0.3) is 11.9 Å². The molecule has 0 aliphatic rings. The summed E-state index contributed by atoms with van der Waals surface area (Å²) >= 11 is 0. The van der Waals surface area contributed by atoms with Crippen LogP contribution in [-0.4, -0.2) is 69.8 Å². The molecular weight excluding hydrogens is 336 g/mol. The summed E-state index contributed by atoms with van der Waals surface area (Å²) in [7, 11) is 0. The Balaban J connectivity index is 3.34. The lowest BCUT2D eigenvalue weighted by Gasteiger charge is -2.25. The minimum Gasteiger partial charge on any atom is -0.376 e. The predicted molar refractivity (Wildman–Crippen MR) is 88.0 cm³/mol. The van der Waals surface area contributed by atoms with Crippen LogP contribution in [0.1, 0.15) is 27.7 Å². The maximum absolute atomic E-state index is 9.52. The first-order chi connectivity index (χ1) is 12.0. The third-order valence-electron chi connectivity index (χ3n) is 2.57. The second kappa shape index (κ2) is 10.9. The summed E-state index contributed by atoms with van der Waals surface area (Å²) in [5, 5.41) is 30.2. The molecule has 0 saturated carbocycles. The molecule has 25 heavy (non-hydrogen) atoms. The van der Waals surface area contributed by atoms with E-state index in [0.717, 1.165) is 15.2 Å². The first-order valence-electron chi connectivity index (χ1n) is 7.84.